The number of sulfone groups is 1. The first-order valence-corrected chi connectivity index (χ1v) is 9.42. The molecule has 1 heterocycles. The number of nitrogens with zero attached hydrogens (tertiary/aromatic N) is 1. The van der Waals surface area contributed by atoms with E-state index in [0.29, 0.717) is 6.42 Å². The van der Waals surface area contributed by atoms with Crippen LogP contribution in [0.1, 0.15) is 26.2 Å². The SMILES string of the molecule is CCCCC(=O)N(c1ccc(Br)cc1)[C@H]1C=CS(=O)(=O)C1. The monoisotopic (exact) mass is 371 g/mol. The Balaban J connectivity index is 2.29. The molecule has 0 saturated heterocycles. The van der Waals surface area contributed by atoms with Crippen molar-refractivity contribution in [1.82, 2.24) is 0 Å². The Bertz CT molecular complexity index is 637. The average molecular weight is 372 g/mol. The number of unbranched alkanes of at least 4 members (excludes halogenated alkanes) is 1. The van der Waals surface area contributed by atoms with Gasteiger partial charge in [-0.25, -0.2) is 8.42 Å². The van der Waals surface area contributed by atoms with E-state index in [1.165, 1.54) is 5.41 Å². The van der Waals surface area contributed by atoms with Crippen molar-refractivity contribution < 1.29 is 13.2 Å². The van der Waals surface area contributed by atoms with E-state index in [0.717, 1.165) is 23.0 Å². The van der Waals surface area contributed by atoms with Crippen LogP contribution >= 0.6 is 15.9 Å². The second kappa shape index (κ2) is 6.75. The van der Waals surface area contributed by atoms with Crippen LogP contribution in [0.15, 0.2) is 40.2 Å². The van der Waals surface area contributed by atoms with Gasteiger partial charge in [-0.05, 0) is 36.8 Å². The van der Waals surface area contributed by atoms with Gasteiger partial charge in [0.05, 0.1) is 11.8 Å². The fourth-order valence-electron chi connectivity index (χ4n) is 2.29. The molecule has 6 heteroatoms. The van der Waals surface area contributed by atoms with Crippen LogP contribution in [0.2, 0.25) is 0 Å². The maximum Gasteiger partial charge on any atom is 0.227 e. The van der Waals surface area contributed by atoms with Crippen molar-refractivity contribution in [1.29, 1.82) is 0 Å². The molecule has 1 amide bonds. The van der Waals surface area contributed by atoms with Crippen LogP contribution in [0.25, 0.3) is 0 Å². The van der Waals surface area contributed by atoms with Gasteiger partial charge in [0.15, 0.2) is 9.84 Å². The number of halogens is 1. The lowest BCUT2D eigenvalue weighted by atomic mass is 10.1. The van der Waals surface area contributed by atoms with Crippen molar-refractivity contribution in [3.63, 3.8) is 0 Å². The molecule has 1 aliphatic rings. The molecule has 1 aromatic carbocycles. The number of amides is 1. The van der Waals surface area contributed by atoms with E-state index < -0.39 is 15.9 Å². The molecule has 1 atom stereocenters. The molecule has 0 spiro atoms. The first kappa shape index (κ1) is 16.2. The van der Waals surface area contributed by atoms with Crippen molar-refractivity contribution in [3.05, 3.63) is 40.2 Å². The molecule has 0 N–H and O–H groups in total. The topological polar surface area (TPSA) is 54.5 Å². The largest absolute Gasteiger partial charge is 0.304 e. The third kappa shape index (κ3) is 4.17. The second-order valence-electron chi connectivity index (χ2n) is 5.07. The molecule has 0 saturated carbocycles. The fraction of sp³-hybridized carbons (Fsp3) is 0.400. The van der Waals surface area contributed by atoms with E-state index in [9.17, 15) is 13.2 Å². The minimum absolute atomic E-state index is 0.0362. The van der Waals surface area contributed by atoms with Crippen LogP contribution in [0.5, 0.6) is 0 Å². The molecule has 114 valence electrons. The van der Waals surface area contributed by atoms with Crippen LogP contribution in [0, 0.1) is 0 Å². The Hall–Kier alpha value is -1.14. The first-order valence-electron chi connectivity index (χ1n) is 6.91. The highest BCUT2D eigenvalue weighted by molar-refractivity contribution is 9.10. The molecule has 2 rings (SSSR count). The molecule has 1 aliphatic heterocycles. The van der Waals surface area contributed by atoms with E-state index in [1.807, 2.05) is 31.2 Å². The number of hydrogen-bond acceptors (Lipinski definition) is 3. The molecule has 0 bridgehead atoms. The van der Waals surface area contributed by atoms with E-state index in [1.54, 1.807) is 11.0 Å². The van der Waals surface area contributed by atoms with Gasteiger partial charge in [-0.3, -0.25) is 4.79 Å². The van der Waals surface area contributed by atoms with E-state index >= 15 is 0 Å². The maximum absolute atomic E-state index is 12.5. The van der Waals surface area contributed by atoms with Crippen molar-refractivity contribution >= 4 is 37.4 Å². The van der Waals surface area contributed by atoms with Crippen molar-refractivity contribution in [2.24, 2.45) is 0 Å². The fourth-order valence-corrected chi connectivity index (χ4v) is 3.82. The molecule has 0 aromatic heterocycles. The summed E-state index contributed by atoms with van der Waals surface area (Å²) < 4.78 is 24.2. The highest BCUT2D eigenvalue weighted by Gasteiger charge is 2.30. The van der Waals surface area contributed by atoms with Crippen LogP contribution in [-0.2, 0) is 14.6 Å². The maximum atomic E-state index is 12.5. The zero-order valence-corrected chi connectivity index (χ0v) is 14.2. The van der Waals surface area contributed by atoms with E-state index in [4.69, 9.17) is 0 Å². The highest BCUT2D eigenvalue weighted by atomic mass is 79.9. The zero-order chi connectivity index (χ0) is 15.5. The lowest BCUT2D eigenvalue weighted by Crippen LogP contribution is -2.41. The van der Waals surface area contributed by atoms with Gasteiger partial charge >= 0.3 is 0 Å². The normalized spacial score (nSPS) is 19.6. The summed E-state index contributed by atoms with van der Waals surface area (Å²) in [5.74, 6) is -0.0769. The summed E-state index contributed by atoms with van der Waals surface area (Å²) in [6.07, 6.45) is 3.76. The second-order valence-corrected chi connectivity index (χ2v) is 7.92. The summed E-state index contributed by atoms with van der Waals surface area (Å²) in [4.78, 5) is 14.1. The molecule has 0 fully saturated rings. The molecular weight excluding hydrogens is 354 g/mol. The van der Waals surface area contributed by atoms with E-state index in [-0.39, 0.29) is 11.7 Å². The lowest BCUT2D eigenvalue weighted by Gasteiger charge is -2.27. The van der Waals surface area contributed by atoms with Crippen LogP contribution in [0.4, 0.5) is 5.69 Å². The third-order valence-electron chi connectivity index (χ3n) is 3.36. The van der Waals surface area contributed by atoms with Gasteiger partial charge < -0.3 is 4.90 Å². The van der Waals surface area contributed by atoms with Gasteiger partial charge in [0.25, 0.3) is 0 Å². The molecule has 0 aliphatic carbocycles. The summed E-state index contributed by atoms with van der Waals surface area (Å²) in [5, 5.41) is 1.20. The molecular formula is C15H18BrNO3S. The van der Waals surface area contributed by atoms with E-state index in [2.05, 4.69) is 15.9 Å². The van der Waals surface area contributed by atoms with Crippen LogP contribution in [-0.4, -0.2) is 26.1 Å². The quantitative estimate of drug-likeness (QED) is 0.797. The van der Waals surface area contributed by atoms with Crippen molar-refractivity contribution in [2.45, 2.75) is 32.2 Å². The summed E-state index contributed by atoms with van der Waals surface area (Å²) in [6.45, 7) is 2.02. The minimum atomic E-state index is -3.19. The Kier molecular flexibility index (Phi) is 5.22. The van der Waals surface area contributed by atoms with Gasteiger partial charge in [-0.1, -0.05) is 29.3 Å². The predicted octanol–water partition coefficient (Wildman–Crippen LogP) is 3.28. The summed E-state index contributed by atoms with van der Waals surface area (Å²) >= 11 is 3.36. The smallest absolute Gasteiger partial charge is 0.227 e. The summed E-state index contributed by atoms with van der Waals surface area (Å²) in [7, 11) is -3.19. The molecule has 21 heavy (non-hydrogen) atoms. The molecule has 4 nitrogen and oxygen atoms in total. The summed E-state index contributed by atoms with van der Waals surface area (Å²) in [6, 6.07) is 6.94. The summed E-state index contributed by atoms with van der Waals surface area (Å²) in [5.41, 5.74) is 0.728. The number of hydrogen-bond donors (Lipinski definition) is 0. The Morgan fingerprint density at radius 1 is 1.33 bits per heavy atom. The molecule has 0 unspecified atom stereocenters. The Morgan fingerprint density at radius 3 is 2.52 bits per heavy atom. The standard InChI is InChI=1S/C15H18BrNO3S/c1-2-3-4-15(18)17(13-7-5-12(16)6-8-13)14-9-10-21(19,20)11-14/h5-10,14H,2-4,11H2,1H3/t14-/m0/s1. The number of rotatable bonds is 5. The predicted molar refractivity (Wildman–Crippen MR) is 87.9 cm³/mol. The minimum Gasteiger partial charge on any atom is -0.304 e. The number of carbonyl (C=O) groups excluding carboxylic acids is 1. The molecule has 1 aromatic rings. The average Bonchev–Trinajstić information content (AvgIpc) is 2.79. The first-order chi connectivity index (χ1) is 9.93. The van der Waals surface area contributed by atoms with Crippen LogP contribution < -0.4 is 4.90 Å². The van der Waals surface area contributed by atoms with Gasteiger partial charge in [0, 0.05) is 22.0 Å². The molecule has 0 radical (unpaired) electrons. The van der Waals surface area contributed by atoms with Gasteiger partial charge in [-0.2, -0.15) is 0 Å². The Labute approximate surface area is 133 Å². The van der Waals surface area contributed by atoms with Crippen molar-refractivity contribution in [2.75, 3.05) is 10.7 Å². The Morgan fingerprint density at radius 2 is 2.00 bits per heavy atom. The van der Waals surface area contributed by atoms with Gasteiger partial charge in [-0.15, -0.1) is 0 Å². The third-order valence-corrected chi connectivity index (χ3v) is 5.27. The number of carbonyl (C=O) groups is 1. The van der Waals surface area contributed by atoms with Crippen LogP contribution in [0.3, 0.4) is 0 Å². The van der Waals surface area contributed by atoms with Gasteiger partial charge in [0.1, 0.15) is 0 Å². The van der Waals surface area contributed by atoms with Gasteiger partial charge in [0.2, 0.25) is 5.91 Å². The number of benzene rings is 1. The number of anilines is 1. The van der Waals surface area contributed by atoms with Crippen molar-refractivity contribution in [3.8, 4) is 0 Å². The lowest BCUT2D eigenvalue weighted by molar-refractivity contribution is -0.118. The highest BCUT2D eigenvalue weighted by Crippen LogP contribution is 2.25. The zero-order valence-electron chi connectivity index (χ0n) is 11.8.